The summed E-state index contributed by atoms with van der Waals surface area (Å²) in [6.45, 7) is 17.5. The molecule has 2 aromatic rings. The Morgan fingerprint density at radius 3 is 1.12 bits per heavy atom. The molecular formula is C52H78N4O13. The minimum absolute atomic E-state index is 0.0373. The quantitative estimate of drug-likeness (QED) is 0.0797. The van der Waals surface area contributed by atoms with Crippen molar-refractivity contribution in [2.45, 2.75) is 156 Å². The van der Waals surface area contributed by atoms with E-state index >= 15 is 0 Å². The number of esters is 4. The van der Waals surface area contributed by atoms with Gasteiger partial charge in [0.25, 0.3) is 17.7 Å². The molecule has 0 aliphatic rings. The zero-order chi connectivity index (χ0) is 52.3. The lowest BCUT2D eigenvalue weighted by atomic mass is 10.00. The molecule has 2 aromatic carbocycles. The third-order valence-corrected chi connectivity index (χ3v) is 11.6. The number of carboxylic acids is 1. The second-order valence-corrected chi connectivity index (χ2v) is 19.5. The standard InChI is InChI=1S/C52H78N4O13/c1-31(2)25-39(53-11)49(62)68-43(29-37-21-17-15-18-22-37)46(58)55(13)40(26-32(3)4)50(63)66-35(9)45(57)54(12)42(28-34(7)8)52(65)69-44(30-38-23-19-16-20-24-38)47(59)56(14)41(27-33(5)6)51(64)67-36(10)48(60)61/h15-24,31-36,39-44,53H,25-30H2,1-14H3,(H,60,61)/t35-,36-,39+,40+,41+,42+,43-,44-/m1/s1. The van der Waals surface area contributed by atoms with E-state index in [1.165, 1.54) is 39.9 Å². The van der Waals surface area contributed by atoms with Crippen LogP contribution in [0.15, 0.2) is 60.7 Å². The van der Waals surface area contributed by atoms with E-state index in [1.54, 1.807) is 61.6 Å². The second kappa shape index (κ2) is 28.6. The third-order valence-electron chi connectivity index (χ3n) is 11.6. The van der Waals surface area contributed by atoms with Crippen LogP contribution in [-0.2, 0) is 70.1 Å². The Balaban J connectivity index is 2.45. The molecule has 0 saturated carbocycles. The SMILES string of the molecule is CN[C@@H](CC(C)C)C(=O)O[C@H](Cc1ccccc1)C(=O)N(C)[C@@H](CC(C)C)C(=O)O[C@H](C)C(=O)N(C)[C@@H](CC(C)C)C(=O)O[C@H](Cc1ccccc1)C(=O)N(C)[C@@H](CC(C)C)C(=O)O[C@H](C)C(=O)O. The van der Waals surface area contributed by atoms with Crippen LogP contribution in [0.4, 0.5) is 0 Å². The van der Waals surface area contributed by atoms with Crippen LogP contribution in [0.1, 0.15) is 106 Å². The smallest absolute Gasteiger partial charge is 0.344 e. The number of hydrogen-bond donors (Lipinski definition) is 2. The molecule has 0 fully saturated rings. The molecule has 0 saturated heterocycles. The van der Waals surface area contributed by atoms with E-state index in [0.717, 1.165) is 15.4 Å². The molecule has 0 radical (unpaired) electrons. The van der Waals surface area contributed by atoms with E-state index in [-0.39, 0.29) is 55.8 Å². The number of carboxylic acid groups (broad SMARTS) is 1. The van der Waals surface area contributed by atoms with E-state index < -0.39 is 96.2 Å². The predicted octanol–water partition coefficient (Wildman–Crippen LogP) is 5.50. The normalized spacial score (nSPS) is 14.9. The van der Waals surface area contributed by atoms with Crippen LogP contribution in [0.3, 0.4) is 0 Å². The van der Waals surface area contributed by atoms with Gasteiger partial charge in [0.1, 0.15) is 24.2 Å². The summed E-state index contributed by atoms with van der Waals surface area (Å²) in [6, 6.07) is 13.4. The molecule has 0 aliphatic heterocycles. The van der Waals surface area contributed by atoms with Gasteiger partial charge in [-0.3, -0.25) is 19.2 Å². The van der Waals surface area contributed by atoms with E-state index in [2.05, 4.69) is 5.32 Å². The molecule has 2 rings (SSSR count). The van der Waals surface area contributed by atoms with Gasteiger partial charge in [-0.1, -0.05) is 116 Å². The Bertz CT molecular complexity index is 1990. The van der Waals surface area contributed by atoms with Crippen LogP contribution in [-0.4, -0.2) is 144 Å². The average Bonchev–Trinajstić information content (AvgIpc) is 3.29. The first-order chi connectivity index (χ1) is 32.3. The van der Waals surface area contributed by atoms with Gasteiger partial charge in [0, 0.05) is 34.0 Å². The van der Waals surface area contributed by atoms with Crippen LogP contribution >= 0.6 is 0 Å². The van der Waals surface area contributed by atoms with Crippen LogP contribution in [0, 0.1) is 23.7 Å². The van der Waals surface area contributed by atoms with Crippen molar-refractivity contribution in [2.24, 2.45) is 23.7 Å². The molecular weight excluding hydrogens is 889 g/mol. The van der Waals surface area contributed by atoms with E-state index in [0.29, 0.717) is 12.0 Å². The number of carbonyl (C=O) groups is 8. The monoisotopic (exact) mass is 967 g/mol. The number of amides is 3. The van der Waals surface area contributed by atoms with Crippen LogP contribution in [0.2, 0.25) is 0 Å². The fourth-order valence-electron chi connectivity index (χ4n) is 7.64. The Labute approximate surface area is 408 Å². The number of aliphatic carboxylic acids is 1. The summed E-state index contributed by atoms with van der Waals surface area (Å²) >= 11 is 0. The molecule has 0 bridgehead atoms. The molecule has 2 N–H and O–H groups in total. The maximum atomic E-state index is 14.4. The van der Waals surface area contributed by atoms with Gasteiger partial charge in [-0.2, -0.15) is 0 Å². The Hall–Kier alpha value is -5.84. The van der Waals surface area contributed by atoms with Gasteiger partial charge in [0.05, 0.1) is 0 Å². The summed E-state index contributed by atoms with van der Waals surface area (Å²) in [5, 5.41) is 12.4. The Morgan fingerprint density at radius 1 is 0.464 bits per heavy atom. The lowest BCUT2D eigenvalue weighted by Gasteiger charge is -2.34. The molecule has 0 aliphatic carbocycles. The van der Waals surface area contributed by atoms with Crippen molar-refractivity contribution in [3.05, 3.63) is 71.8 Å². The maximum Gasteiger partial charge on any atom is 0.344 e. The minimum atomic E-state index is -1.49. The van der Waals surface area contributed by atoms with E-state index in [1.807, 2.05) is 61.5 Å². The molecule has 17 nitrogen and oxygen atoms in total. The summed E-state index contributed by atoms with van der Waals surface area (Å²) in [7, 11) is 5.78. The lowest BCUT2D eigenvalue weighted by molar-refractivity contribution is -0.174. The molecule has 0 aromatic heterocycles. The minimum Gasteiger partial charge on any atom is -0.479 e. The van der Waals surface area contributed by atoms with Crippen molar-refractivity contribution in [1.82, 2.24) is 20.0 Å². The molecule has 3 amide bonds. The summed E-state index contributed by atoms with van der Waals surface area (Å²) in [5.74, 6) is -7.19. The van der Waals surface area contributed by atoms with Gasteiger partial charge in [0.15, 0.2) is 24.4 Å². The first-order valence-electron chi connectivity index (χ1n) is 23.9. The first-order valence-corrected chi connectivity index (χ1v) is 23.9. The van der Waals surface area contributed by atoms with Crippen molar-refractivity contribution >= 4 is 47.6 Å². The zero-order valence-corrected chi connectivity index (χ0v) is 43.1. The molecule has 0 unspecified atom stereocenters. The lowest BCUT2D eigenvalue weighted by Crippen LogP contribution is -2.53. The number of nitrogens with zero attached hydrogens (tertiary/aromatic N) is 3. The number of rotatable bonds is 28. The van der Waals surface area contributed by atoms with Crippen molar-refractivity contribution in [1.29, 1.82) is 0 Å². The highest BCUT2D eigenvalue weighted by Crippen LogP contribution is 2.23. The van der Waals surface area contributed by atoms with Gasteiger partial charge < -0.3 is 44.1 Å². The molecule has 17 heteroatoms. The maximum absolute atomic E-state index is 14.4. The first kappa shape index (κ1) is 59.3. The van der Waals surface area contributed by atoms with Crippen molar-refractivity contribution in [3.63, 3.8) is 0 Å². The Kier molecular flexibility index (Phi) is 24.6. The highest BCUT2D eigenvalue weighted by Gasteiger charge is 2.41. The summed E-state index contributed by atoms with van der Waals surface area (Å²) in [5.41, 5.74) is 1.36. The van der Waals surface area contributed by atoms with Crippen LogP contribution in [0.25, 0.3) is 0 Å². The number of carbonyl (C=O) groups excluding carboxylic acids is 7. The molecule has 384 valence electrons. The number of likely N-dealkylation sites (N-methyl/N-ethyl adjacent to an activating group) is 4. The van der Waals surface area contributed by atoms with Crippen LogP contribution < -0.4 is 5.32 Å². The molecule has 69 heavy (non-hydrogen) atoms. The highest BCUT2D eigenvalue weighted by molar-refractivity contribution is 5.93. The number of hydrogen-bond acceptors (Lipinski definition) is 13. The fraction of sp³-hybridized carbons (Fsp3) is 0.615. The summed E-state index contributed by atoms with van der Waals surface area (Å²) < 4.78 is 22.9. The largest absolute Gasteiger partial charge is 0.479 e. The highest BCUT2D eigenvalue weighted by atomic mass is 16.6. The van der Waals surface area contributed by atoms with E-state index in [9.17, 15) is 43.5 Å². The van der Waals surface area contributed by atoms with E-state index in [4.69, 9.17) is 18.9 Å². The average molecular weight is 967 g/mol. The van der Waals surface area contributed by atoms with Gasteiger partial charge in [-0.05, 0) is 81.4 Å². The van der Waals surface area contributed by atoms with Crippen molar-refractivity contribution < 1.29 is 62.4 Å². The topological polar surface area (TPSA) is 215 Å². The van der Waals surface area contributed by atoms with Crippen molar-refractivity contribution in [3.8, 4) is 0 Å². The number of benzene rings is 2. The molecule has 0 spiro atoms. The molecule has 0 heterocycles. The number of ether oxygens (including phenoxy) is 4. The Morgan fingerprint density at radius 2 is 0.783 bits per heavy atom. The van der Waals surface area contributed by atoms with Gasteiger partial charge in [0.2, 0.25) is 0 Å². The zero-order valence-electron chi connectivity index (χ0n) is 43.1. The van der Waals surface area contributed by atoms with Gasteiger partial charge in [-0.15, -0.1) is 0 Å². The van der Waals surface area contributed by atoms with Gasteiger partial charge in [-0.25, -0.2) is 19.2 Å². The van der Waals surface area contributed by atoms with Crippen molar-refractivity contribution in [2.75, 3.05) is 28.2 Å². The summed E-state index contributed by atoms with van der Waals surface area (Å²) in [4.78, 5) is 113. The third kappa shape index (κ3) is 19.2. The van der Waals surface area contributed by atoms with Gasteiger partial charge >= 0.3 is 29.8 Å². The number of nitrogens with one attached hydrogen (secondary N) is 1. The summed E-state index contributed by atoms with van der Waals surface area (Å²) in [6.07, 6.45) is -5.00. The fourth-order valence-corrected chi connectivity index (χ4v) is 7.64. The second-order valence-electron chi connectivity index (χ2n) is 19.5. The predicted molar refractivity (Wildman–Crippen MR) is 259 cm³/mol. The van der Waals surface area contributed by atoms with Crippen LogP contribution in [0.5, 0.6) is 0 Å². The molecule has 8 atom stereocenters.